The highest BCUT2D eigenvalue weighted by Gasteiger charge is 2.22. The van der Waals surface area contributed by atoms with Gasteiger partial charge < -0.3 is 5.32 Å². The molecular formula is C17H20FN3O. The summed E-state index contributed by atoms with van der Waals surface area (Å²) in [4.78, 5) is 18.2. The van der Waals surface area contributed by atoms with Gasteiger partial charge in [-0.15, -0.1) is 0 Å². The van der Waals surface area contributed by atoms with Crippen molar-refractivity contribution in [1.29, 1.82) is 0 Å². The third kappa shape index (κ3) is 4.36. The van der Waals surface area contributed by atoms with E-state index in [1.54, 1.807) is 24.5 Å². The first-order valence-corrected chi connectivity index (χ1v) is 7.16. The molecule has 4 nitrogen and oxygen atoms in total. The molecule has 0 aliphatic carbocycles. The second-order valence-corrected chi connectivity index (χ2v) is 5.31. The van der Waals surface area contributed by atoms with Crippen LogP contribution in [0.4, 0.5) is 4.39 Å². The normalized spacial score (nSPS) is 12.2. The van der Waals surface area contributed by atoms with E-state index in [4.69, 9.17) is 0 Å². The fraction of sp³-hybridized carbons (Fsp3) is 0.294. The first-order valence-electron chi connectivity index (χ1n) is 7.16. The Morgan fingerprint density at radius 2 is 1.82 bits per heavy atom. The second-order valence-electron chi connectivity index (χ2n) is 5.31. The Labute approximate surface area is 130 Å². The van der Waals surface area contributed by atoms with Gasteiger partial charge in [0, 0.05) is 18.9 Å². The van der Waals surface area contributed by atoms with Crippen LogP contribution in [0.1, 0.15) is 17.2 Å². The van der Waals surface area contributed by atoms with Crippen LogP contribution in [0.15, 0.2) is 48.8 Å². The lowest BCUT2D eigenvalue weighted by Gasteiger charge is -2.23. The molecule has 0 fully saturated rings. The van der Waals surface area contributed by atoms with Gasteiger partial charge in [-0.2, -0.15) is 0 Å². The van der Waals surface area contributed by atoms with Gasteiger partial charge >= 0.3 is 0 Å². The van der Waals surface area contributed by atoms with Gasteiger partial charge in [0.25, 0.3) is 0 Å². The van der Waals surface area contributed by atoms with Crippen molar-refractivity contribution in [2.75, 3.05) is 20.6 Å². The molecule has 0 unspecified atom stereocenters. The number of aromatic nitrogens is 1. The lowest BCUT2D eigenvalue weighted by atomic mass is 10.0. The van der Waals surface area contributed by atoms with Gasteiger partial charge in [-0.05, 0) is 55.9 Å². The number of nitrogens with one attached hydrogen (secondary N) is 1. The van der Waals surface area contributed by atoms with Crippen LogP contribution in [0.2, 0.25) is 0 Å². The highest BCUT2D eigenvalue weighted by Crippen LogP contribution is 2.18. The number of hydrogen-bond acceptors (Lipinski definition) is 3. The Hall–Kier alpha value is -2.27. The van der Waals surface area contributed by atoms with Crippen LogP contribution < -0.4 is 5.32 Å². The van der Waals surface area contributed by atoms with Gasteiger partial charge in [-0.3, -0.25) is 14.7 Å². The predicted molar refractivity (Wildman–Crippen MR) is 83.8 cm³/mol. The maximum absolute atomic E-state index is 13.0. The number of hydrogen-bond donors (Lipinski definition) is 1. The van der Waals surface area contributed by atoms with E-state index in [0.29, 0.717) is 6.54 Å². The number of pyridine rings is 1. The number of rotatable bonds is 6. The fourth-order valence-electron chi connectivity index (χ4n) is 2.31. The molecule has 0 bridgehead atoms. The van der Waals surface area contributed by atoms with E-state index >= 15 is 0 Å². The van der Waals surface area contributed by atoms with Gasteiger partial charge in [-0.25, -0.2) is 4.39 Å². The zero-order valence-corrected chi connectivity index (χ0v) is 12.8. The zero-order chi connectivity index (χ0) is 15.9. The van der Waals surface area contributed by atoms with Gasteiger partial charge in [0.1, 0.15) is 11.9 Å². The summed E-state index contributed by atoms with van der Waals surface area (Å²) in [5.74, 6) is -0.398. The summed E-state index contributed by atoms with van der Waals surface area (Å²) in [6.45, 7) is 0.550. The van der Waals surface area contributed by atoms with Crippen molar-refractivity contribution in [2.24, 2.45) is 0 Å². The molecule has 1 N–H and O–H groups in total. The highest BCUT2D eigenvalue weighted by atomic mass is 19.1. The molecule has 2 aromatic rings. The highest BCUT2D eigenvalue weighted by molar-refractivity contribution is 5.83. The monoisotopic (exact) mass is 301 g/mol. The first kappa shape index (κ1) is 16.1. The van der Waals surface area contributed by atoms with E-state index in [2.05, 4.69) is 10.3 Å². The van der Waals surface area contributed by atoms with Gasteiger partial charge in [0.15, 0.2) is 0 Å². The molecule has 5 heteroatoms. The Kier molecular flexibility index (Phi) is 5.61. The summed E-state index contributed by atoms with van der Waals surface area (Å²) in [6.07, 6.45) is 4.22. The summed E-state index contributed by atoms with van der Waals surface area (Å²) in [5.41, 5.74) is 1.89. The van der Waals surface area contributed by atoms with Crippen molar-refractivity contribution >= 4 is 5.91 Å². The second kappa shape index (κ2) is 7.66. The average Bonchev–Trinajstić information content (AvgIpc) is 2.50. The number of nitrogens with zero attached hydrogens (tertiary/aromatic N) is 2. The summed E-state index contributed by atoms with van der Waals surface area (Å²) >= 11 is 0. The summed E-state index contributed by atoms with van der Waals surface area (Å²) < 4.78 is 13.0. The van der Waals surface area contributed by atoms with E-state index in [9.17, 15) is 9.18 Å². The molecule has 22 heavy (non-hydrogen) atoms. The van der Waals surface area contributed by atoms with Crippen molar-refractivity contribution in [2.45, 2.75) is 12.5 Å². The van der Waals surface area contributed by atoms with E-state index in [1.165, 1.54) is 12.1 Å². The Morgan fingerprint density at radius 3 is 2.41 bits per heavy atom. The molecule has 0 saturated heterocycles. The van der Waals surface area contributed by atoms with E-state index in [1.807, 2.05) is 31.1 Å². The van der Waals surface area contributed by atoms with E-state index in [0.717, 1.165) is 17.5 Å². The van der Waals surface area contributed by atoms with Crippen LogP contribution in [0, 0.1) is 5.82 Å². The van der Waals surface area contributed by atoms with Crippen LogP contribution in [0.25, 0.3) is 0 Å². The SMILES string of the molecule is CN(C)[C@@H](C(=O)NCCc1ccncc1)c1ccc(F)cc1. The minimum absolute atomic E-state index is 0.0920. The molecule has 1 aromatic heterocycles. The Bertz CT molecular complexity index is 599. The largest absolute Gasteiger partial charge is 0.354 e. The topological polar surface area (TPSA) is 45.2 Å². The van der Waals surface area contributed by atoms with Crippen molar-refractivity contribution in [3.63, 3.8) is 0 Å². The molecule has 2 rings (SSSR count). The summed E-state index contributed by atoms with van der Waals surface area (Å²) in [6, 6.07) is 9.44. The molecule has 0 radical (unpaired) electrons. The molecule has 1 heterocycles. The third-order valence-electron chi connectivity index (χ3n) is 3.41. The molecule has 1 aromatic carbocycles. The lowest BCUT2D eigenvalue weighted by Crippen LogP contribution is -2.37. The number of carbonyl (C=O) groups excluding carboxylic acids is 1. The summed E-state index contributed by atoms with van der Waals surface area (Å²) in [7, 11) is 3.66. The molecular weight excluding hydrogens is 281 g/mol. The van der Waals surface area contributed by atoms with Crippen molar-refractivity contribution < 1.29 is 9.18 Å². The van der Waals surface area contributed by atoms with Crippen LogP contribution in [-0.2, 0) is 11.2 Å². The number of likely N-dealkylation sites (N-methyl/N-ethyl adjacent to an activating group) is 1. The third-order valence-corrected chi connectivity index (χ3v) is 3.41. The lowest BCUT2D eigenvalue weighted by molar-refractivity contribution is -0.125. The minimum atomic E-state index is -0.432. The number of amides is 1. The van der Waals surface area contributed by atoms with Gasteiger partial charge in [0.05, 0.1) is 0 Å². The maximum atomic E-state index is 13.0. The molecule has 0 aliphatic heterocycles. The van der Waals surface area contributed by atoms with Gasteiger partial charge in [0.2, 0.25) is 5.91 Å². The predicted octanol–water partition coefficient (Wildman–Crippen LogP) is 2.18. The zero-order valence-electron chi connectivity index (χ0n) is 12.8. The van der Waals surface area contributed by atoms with Crippen LogP contribution in [-0.4, -0.2) is 36.4 Å². The number of benzene rings is 1. The van der Waals surface area contributed by atoms with Crippen LogP contribution in [0.5, 0.6) is 0 Å². The van der Waals surface area contributed by atoms with Crippen molar-refractivity contribution in [3.8, 4) is 0 Å². The smallest absolute Gasteiger partial charge is 0.241 e. The molecule has 0 aliphatic rings. The Balaban J connectivity index is 1.97. The molecule has 0 saturated carbocycles. The van der Waals surface area contributed by atoms with E-state index in [-0.39, 0.29) is 11.7 Å². The van der Waals surface area contributed by atoms with Gasteiger partial charge in [-0.1, -0.05) is 12.1 Å². The van der Waals surface area contributed by atoms with Crippen LogP contribution in [0.3, 0.4) is 0 Å². The molecule has 1 atom stereocenters. The fourth-order valence-corrected chi connectivity index (χ4v) is 2.31. The number of carbonyl (C=O) groups is 1. The Morgan fingerprint density at radius 1 is 1.18 bits per heavy atom. The average molecular weight is 301 g/mol. The van der Waals surface area contributed by atoms with Crippen LogP contribution >= 0.6 is 0 Å². The molecule has 0 spiro atoms. The maximum Gasteiger partial charge on any atom is 0.241 e. The van der Waals surface area contributed by atoms with Crippen molar-refractivity contribution in [3.05, 3.63) is 65.7 Å². The first-order chi connectivity index (χ1) is 10.6. The standard InChI is InChI=1S/C17H20FN3O/c1-21(2)16(14-3-5-15(18)6-4-14)17(22)20-12-9-13-7-10-19-11-8-13/h3-8,10-11,16H,9,12H2,1-2H3,(H,20,22)/t16-/m1/s1. The minimum Gasteiger partial charge on any atom is -0.354 e. The summed E-state index contributed by atoms with van der Waals surface area (Å²) in [5, 5.41) is 2.93. The quantitative estimate of drug-likeness (QED) is 0.889. The van der Waals surface area contributed by atoms with Crippen molar-refractivity contribution in [1.82, 2.24) is 15.2 Å². The van der Waals surface area contributed by atoms with E-state index < -0.39 is 6.04 Å². The molecule has 116 valence electrons. The molecule has 1 amide bonds. The number of halogens is 1.